The van der Waals surface area contributed by atoms with Crippen LogP contribution in [0.3, 0.4) is 0 Å². The second-order valence-corrected chi connectivity index (χ2v) is 6.91. The summed E-state index contributed by atoms with van der Waals surface area (Å²) in [6, 6.07) is 0. The molecule has 0 spiro atoms. The van der Waals surface area contributed by atoms with Gasteiger partial charge in [0.25, 0.3) is 0 Å². The Hall–Kier alpha value is -0.520. The molecule has 0 heteroatoms. The average Bonchev–Trinajstić information content (AvgIpc) is 2.16. The number of hydrogen-bond donors (Lipinski definition) is 0. The van der Waals surface area contributed by atoms with Gasteiger partial charge in [0.15, 0.2) is 0 Å². The van der Waals surface area contributed by atoms with Crippen LogP contribution < -0.4 is 0 Å². The molecule has 0 nitrogen and oxygen atoms in total. The third-order valence-corrected chi connectivity index (χ3v) is 4.18. The summed E-state index contributed by atoms with van der Waals surface area (Å²) >= 11 is 0. The largest absolute Gasteiger partial charge is 0.0799 e. The summed E-state index contributed by atoms with van der Waals surface area (Å²) in [7, 11) is 0. The molecule has 0 heterocycles. The van der Waals surface area contributed by atoms with E-state index >= 15 is 0 Å². The van der Waals surface area contributed by atoms with Gasteiger partial charge in [0.05, 0.1) is 0 Å². The summed E-state index contributed by atoms with van der Waals surface area (Å²) < 4.78 is 0. The molecule has 16 heavy (non-hydrogen) atoms. The van der Waals surface area contributed by atoms with E-state index in [0.29, 0.717) is 16.7 Å². The van der Waals surface area contributed by atoms with E-state index in [4.69, 9.17) is 0 Å². The number of hydrogen-bond acceptors (Lipinski definition) is 0. The Morgan fingerprint density at radius 2 is 1.75 bits per heavy atom. The topological polar surface area (TPSA) is 0 Å². The van der Waals surface area contributed by atoms with Gasteiger partial charge in [-0.3, -0.25) is 0 Å². The molecule has 1 rings (SSSR count). The molecule has 0 amide bonds. The average molecular weight is 220 g/mol. The van der Waals surface area contributed by atoms with E-state index in [1.165, 1.54) is 18.4 Å². The molecular formula is C16H28. The van der Waals surface area contributed by atoms with Crippen molar-refractivity contribution in [3.05, 3.63) is 23.3 Å². The lowest BCUT2D eigenvalue weighted by atomic mass is 9.70. The quantitative estimate of drug-likeness (QED) is 0.587. The van der Waals surface area contributed by atoms with Crippen molar-refractivity contribution in [3.8, 4) is 0 Å². The molecule has 0 aromatic heterocycles. The standard InChI is InChI=1S/C16H28/c1-8-16(6,7)14-10-9-13(11-12(14)2)15(3,4)5/h10-11,13H,8-9H2,1-7H3. The van der Waals surface area contributed by atoms with Crippen LogP contribution in [0.25, 0.3) is 0 Å². The first-order valence-electron chi connectivity index (χ1n) is 6.58. The van der Waals surface area contributed by atoms with Gasteiger partial charge in [-0.1, -0.05) is 59.3 Å². The van der Waals surface area contributed by atoms with Gasteiger partial charge in [0.1, 0.15) is 0 Å². The van der Waals surface area contributed by atoms with E-state index in [9.17, 15) is 0 Å². The first-order valence-corrected chi connectivity index (χ1v) is 6.58. The molecule has 1 unspecified atom stereocenters. The first-order chi connectivity index (χ1) is 7.18. The van der Waals surface area contributed by atoms with Crippen LogP contribution in [-0.2, 0) is 0 Å². The van der Waals surface area contributed by atoms with Crippen molar-refractivity contribution in [1.29, 1.82) is 0 Å². The normalized spacial score (nSPS) is 22.8. The van der Waals surface area contributed by atoms with E-state index in [0.717, 1.165) is 0 Å². The Balaban J connectivity index is 2.92. The summed E-state index contributed by atoms with van der Waals surface area (Å²) in [5, 5.41) is 0. The summed E-state index contributed by atoms with van der Waals surface area (Å²) in [5.41, 5.74) is 3.79. The minimum atomic E-state index is 0.337. The van der Waals surface area contributed by atoms with Crippen molar-refractivity contribution in [2.45, 2.75) is 61.3 Å². The van der Waals surface area contributed by atoms with Crippen molar-refractivity contribution < 1.29 is 0 Å². The molecular weight excluding hydrogens is 192 g/mol. The molecule has 0 saturated carbocycles. The smallest absolute Gasteiger partial charge is 0.0107 e. The minimum absolute atomic E-state index is 0.337. The van der Waals surface area contributed by atoms with E-state index in [1.54, 1.807) is 5.57 Å². The highest BCUT2D eigenvalue weighted by Crippen LogP contribution is 2.42. The maximum atomic E-state index is 2.49. The Morgan fingerprint density at radius 3 is 2.12 bits per heavy atom. The summed E-state index contributed by atoms with van der Waals surface area (Å²) in [4.78, 5) is 0. The van der Waals surface area contributed by atoms with Gasteiger partial charge in [0, 0.05) is 0 Å². The molecule has 0 fully saturated rings. The highest BCUT2D eigenvalue weighted by atomic mass is 14.3. The lowest BCUT2D eigenvalue weighted by Gasteiger charge is -2.35. The molecule has 1 atom stereocenters. The van der Waals surface area contributed by atoms with Crippen LogP contribution in [0.4, 0.5) is 0 Å². The lowest BCUT2D eigenvalue weighted by molar-refractivity contribution is 0.288. The maximum absolute atomic E-state index is 2.49. The van der Waals surface area contributed by atoms with Crippen LogP contribution in [0.5, 0.6) is 0 Å². The number of rotatable bonds is 2. The van der Waals surface area contributed by atoms with Gasteiger partial charge in [-0.25, -0.2) is 0 Å². The van der Waals surface area contributed by atoms with Crippen molar-refractivity contribution in [1.82, 2.24) is 0 Å². The summed E-state index contributed by atoms with van der Waals surface area (Å²) in [5.74, 6) is 0.698. The van der Waals surface area contributed by atoms with E-state index in [-0.39, 0.29) is 0 Å². The molecule has 0 radical (unpaired) electrons. The van der Waals surface area contributed by atoms with Crippen LogP contribution >= 0.6 is 0 Å². The predicted molar refractivity (Wildman–Crippen MR) is 73.5 cm³/mol. The molecule has 0 aliphatic heterocycles. The van der Waals surface area contributed by atoms with Crippen LogP contribution in [0.15, 0.2) is 23.3 Å². The monoisotopic (exact) mass is 220 g/mol. The lowest BCUT2D eigenvalue weighted by Crippen LogP contribution is -2.23. The van der Waals surface area contributed by atoms with Gasteiger partial charge < -0.3 is 0 Å². The van der Waals surface area contributed by atoms with Crippen LogP contribution in [-0.4, -0.2) is 0 Å². The van der Waals surface area contributed by atoms with E-state index in [1.807, 2.05) is 0 Å². The highest BCUT2D eigenvalue weighted by Gasteiger charge is 2.29. The van der Waals surface area contributed by atoms with Crippen LogP contribution in [0.2, 0.25) is 0 Å². The van der Waals surface area contributed by atoms with Gasteiger partial charge in [-0.15, -0.1) is 0 Å². The molecule has 0 bridgehead atoms. The Bertz CT molecular complexity index is 307. The van der Waals surface area contributed by atoms with Crippen molar-refractivity contribution in [3.63, 3.8) is 0 Å². The second-order valence-electron chi connectivity index (χ2n) is 6.91. The Morgan fingerprint density at radius 1 is 1.19 bits per heavy atom. The molecule has 0 aromatic rings. The molecule has 1 aliphatic rings. The van der Waals surface area contributed by atoms with Crippen molar-refractivity contribution in [2.24, 2.45) is 16.7 Å². The summed E-state index contributed by atoms with van der Waals surface area (Å²) in [6.45, 7) is 16.3. The van der Waals surface area contributed by atoms with Gasteiger partial charge >= 0.3 is 0 Å². The second kappa shape index (κ2) is 4.39. The van der Waals surface area contributed by atoms with Gasteiger partial charge in [-0.2, -0.15) is 0 Å². The Labute approximate surface area is 102 Å². The fourth-order valence-corrected chi connectivity index (χ4v) is 2.47. The zero-order chi connectivity index (χ0) is 12.6. The fraction of sp³-hybridized carbons (Fsp3) is 0.750. The van der Waals surface area contributed by atoms with E-state index < -0.39 is 0 Å². The molecule has 1 aliphatic carbocycles. The molecule has 0 N–H and O–H groups in total. The van der Waals surface area contributed by atoms with E-state index in [2.05, 4.69) is 60.6 Å². The third kappa shape index (κ3) is 2.78. The molecule has 92 valence electrons. The zero-order valence-corrected chi connectivity index (χ0v) is 12.1. The maximum Gasteiger partial charge on any atom is -0.0107 e. The SMILES string of the molecule is CCC(C)(C)C1=CCC(C(C)(C)C)C=C1C. The summed E-state index contributed by atoms with van der Waals surface area (Å²) in [6.07, 6.45) is 7.39. The highest BCUT2D eigenvalue weighted by molar-refractivity contribution is 5.37. The van der Waals surface area contributed by atoms with Gasteiger partial charge in [0.2, 0.25) is 0 Å². The number of allylic oxidation sites excluding steroid dienone is 4. The van der Waals surface area contributed by atoms with Crippen molar-refractivity contribution >= 4 is 0 Å². The predicted octanol–water partition coefficient (Wildman–Crippen LogP) is 5.36. The van der Waals surface area contributed by atoms with Crippen LogP contribution in [0, 0.1) is 16.7 Å². The third-order valence-electron chi connectivity index (χ3n) is 4.18. The zero-order valence-electron chi connectivity index (χ0n) is 12.1. The Kier molecular flexibility index (Phi) is 3.72. The minimum Gasteiger partial charge on any atom is -0.0799 e. The first kappa shape index (κ1) is 13.5. The molecule has 0 saturated heterocycles. The fourth-order valence-electron chi connectivity index (χ4n) is 2.47. The molecule has 0 aromatic carbocycles. The van der Waals surface area contributed by atoms with Crippen LogP contribution in [0.1, 0.15) is 61.3 Å². The van der Waals surface area contributed by atoms with Gasteiger partial charge in [-0.05, 0) is 42.1 Å². The van der Waals surface area contributed by atoms with Crippen molar-refractivity contribution in [2.75, 3.05) is 0 Å².